The Kier molecular flexibility index (Phi) is 5.56. The van der Waals surface area contributed by atoms with Crippen LogP contribution in [0.15, 0.2) is 18.2 Å². The van der Waals surface area contributed by atoms with E-state index in [-0.39, 0.29) is 18.3 Å². The van der Waals surface area contributed by atoms with Crippen LogP contribution in [-0.4, -0.2) is 44.0 Å². The van der Waals surface area contributed by atoms with Gasteiger partial charge < -0.3 is 15.1 Å². The average molecular weight is 293 g/mol. The van der Waals surface area contributed by atoms with E-state index in [0.29, 0.717) is 12.2 Å². The highest BCUT2D eigenvalue weighted by Gasteiger charge is 2.20. The molecule has 0 saturated carbocycles. The second-order valence-corrected chi connectivity index (χ2v) is 5.51. The van der Waals surface area contributed by atoms with Crippen molar-refractivity contribution in [2.75, 3.05) is 38.1 Å². The van der Waals surface area contributed by atoms with Crippen molar-refractivity contribution in [3.05, 3.63) is 29.6 Å². The monoisotopic (exact) mass is 293 g/mol. The first-order valence-electron chi connectivity index (χ1n) is 7.60. The highest BCUT2D eigenvalue weighted by atomic mass is 19.1. The molecular formula is C16H24FN3O. The van der Waals surface area contributed by atoms with Crippen molar-refractivity contribution in [1.29, 1.82) is 0 Å². The van der Waals surface area contributed by atoms with E-state index in [2.05, 4.69) is 5.32 Å². The zero-order valence-corrected chi connectivity index (χ0v) is 12.9. The summed E-state index contributed by atoms with van der Waals surface area (Å²) in [5, 5.41) is 3.17. The van der Waals surface area contributed by atoms with Gasteiger partial charge in [0.1, 0.15) is 5.82 Å². The van der Waals surface area contributed by atoms with Crippen molar-refractivity contribution >= 4 is 11.6 Å². The van der Waals surface area contributed by atoms with Crippen molar-refractivity contribution in [2.45, 2.75) is 26.3 Å². The summed E-state index contributed by atoms with van der Waals surface area (Å²) < 4.78 is 14.2. The molecule has 0 aromatic heterocycles. The van der Waals surface area contributed by atoms with Crippen LogP contribution < -0.4 is 10.2 Å². The number of hydrogen-bond acceptors (Lipinski definition) is 3. The van der Waals surface area contributed by atoms with Crippen molar-refractivity contribution in [2.24, 2.45) is 0 Å². The Balaban J connectivity index is 1.98. The lowest BCUT2D eigenvalue weighted by molar-refractivity contribution is -0.128. The normalized spacial score (nSPS) is 14.5. The molecular weight excluding hydrogens is 269 g/mol. The van der Waals surface area contributed by atoms with E-state index in [4.69, 9.17) is 0 Å². The topological polar surface area (TPSA) is 35.6 Å². The first kappa shape index (κ1) is 15.8. The van der Waals surface area contributed by atoms with Crippen LogP contribution in [0.2, 0.25) is 0 Å². The molecule has 1 aliphatic heterocycles. The van der Waals surface area contributed by atoms with E-state index >= 15 is 0 Å². The lowest BCUT2D eigenvalue weighted by atomic mass is 10.2. The molecule has 1 saturated heterocycles. The molecule has 2 rings (SSSR count). The Morgan fingerprint density at radius 1 is 1.38 bits per heavy atom. The van der Waals surface area contributed by atoms with Gasteiger partial charge in [0.05, 0.1) is 12.2 Å². The zero-order valence-electron chi connectivity index (χ0n) is 12.9. The molecule has 0 unspecified atom stereocenters. The lowest BCUT2D eigenvalue weighted by Crippen LogP contribution is -2.37. The zero-order chi connectivity index (χ0) is 15.2. The molecule has 4 nitrogen and oxygen atoms in total. The van der Waals surface area contributed by atoms with Crippen molar-refractivity contribution < 1.29 is 9.18 Å². The van der Waals surface area contributed by atoms with Gasteiger partial charge in [-0.15, -0.1) is 0 Å². The van der Waals surface area contributed by atoms with E-state index < -0.39 is 0 Å². The summed E-state index contributed by atoms with van der Waals surface area (Å²) in [5.41, 5.74) is 1.39. The van der Waals surface area contributed by atoms with Gasteiger partial charge in [0.2, 0.25) is 5.91 Å². The summed E-state index contributed by atoms with van der Waals surface area (Å²) in [6, 6.07) is 5.19. The predicted octanol–water partition coefficient (Wildman–Crippen LogP) is 1.99. The Morgan fingerprint density at radius 2 is 2.10 bits per heavy atom. The minimum Gasteiger partial charge on any atom is -0.363 e. The van der Waals surface area contributed by atoms with Gasteiger partial charge in [0.25, 0.3) is 0 Å². The highest BCUT2D eigenvalue weighted by Crippen LogP contribution is 2.20. The summed E-state index contributed by atoms with van der Waals surface area (Å²) >= 11 is 0. The molecule has 1 aromatic rings. The van der Waals surface area contributed by atoms with E-state index in [0.717, 1.165) is 38.0 Å². The number of carbonyl (C=O) groups excluding carboxylic acids is 1. The number of benzene rings is 1. The third-order valence-corrected chi connectivity index (χ3v) is 3.83. The van der Waals surface area contributed by atoms with Gasteiger partial charge in [-0.25, -0.2) is 4.39 Å². The lowest BCUT2D eigenvalue weighted by Gasteiger charge is -2.23. The molecule has 116 valence electrons. The van der Waals surface area contributed by atoms with Crippen LogP contribution in [0.5, 0.6) is 0 Å². The summed E-state index contributed by atoms with van der Waals surface area (Å²) in [4.78, 5) is 15.6. The molecule has 21 heavy (non-hydrogen) atoms. The Hall–Kier alpha value is -1.62. The van der Waals surface area contributed by atoms with Crippen LogP contribution in [-0.2, 0) is 11.3 Å². The Bertz CT molecular complexity index is 486. The number of amides is 1. The number of halogens is 1. The predicted molar refractivity (Wildman–Crippen MR) is 82.9 cm³/mol. The molecule has 1 amide bonds. The number of hydrogen-bond donors (Lipinski definition) is 1. The van der Waals surface area contributed by atoms with Gasteiger partial charge in [-0.1, -0.05) is 13.0 Å². The number of anilines is 1. The van der Waals surface area contributed by atoms with Crippen molar-refractivity contribution in [3.8, 4) is 0 Å². The van der Waals surface area contributed by atoms with Crippen molar-refractivity contribution in [1.82, 2.24) is 10.2 Å². The maximum Gasteiger partial charge on any atom is 0.242 e. The fourth-order valence-electron chi connectivity index (χ4n) is 2.59. The number of likely N-dealkylation sites (tertiary alicyclic amines) is 1. The third-order valence-electron chi connectivity index (χ3n) is 3.83. The van der Waals surface area contributed by atoms with E-state index in [1.165, 1.54) is 6.07 Å². The molecule has 5 heteroatoms. The summed E-state index contributed by atoms with van der Waals surface area (Å²) in [7, 11) is 1.76. The van der Waals surface area contributed by atoms with Gasteiger partial charge in [0.15, 0.2) is 0 Å². The van der Waals surface area contributed by atoms with Crippen LogP contribution in [0.25, 0.3) is 0 Å². The number of nitrogens with one attached hydrogen (secondary N) is 1. The molecule has 0 bridgehead atoms. The van der Waals surface area contributed by atoms with E-state index in [1.54, 1.807) is 18.0 Å². The standard InChI is InChI=1S/C16H24FN3O/c1-3-18-11-13-6-7-15(14(17)10-13)19(2)12-16(21)20-8-4-5-9-20/h6-7,10,18H,3-5,8-9,11-12H2,1-2H3. The van der Waals surface area contributed by atoms with E-state index in [1.807, 2.05) is 17.9 Å². The van der Waals surface area contributed by atoms with Crippen LogP contribution >= 0.6 is 0 Å². The molecule has 1 N–H and O–H groups in total. The second kappa shape index (κ2) is 7.41. The highest BCUT2D eigenvalue weighted by molar-refractivity contribution is 5.81. The Morgan fingerprint density at radius 3 is 2.71 bits per heavy atom. The minimum absolute atomic E-state index is 0.0751. The van der Waals surface area contributed by atoms with Crippen LogP contribution in [0.3, 0.4) is 0 Å². The van der Waals surface area contributed by atoms with Crippen LogP contribution in [0.4, 0.5) is 10.1 Å². The smallest absolute Gasteiger partial charge is 0.242 e. The van der Waals surface area contributed by atoms with Gasteiger partial charge >= 0.3 is 0 Å². The summed E-state index contributed by atoms with van der Waals surface area (Å²) in [6.07, 6.45) is 2.14. The third kappa shape index (κ3) is 4.17. The van der Waals surface area contributed by atoms with Crippen LogP contribution in [0, 0.1) is 5.82 Å². The van der Waals surface area contributed by atoms with E-state index in [9.17, 15) is 9.18 Å². The van der Waals surface area contributed by atoms with Crippen LogP contribution in [0.1, 0.15) is 25.3 Å². The van der Waals surface area contributed by atoms with Gasteiger partial charge in [-0.05, 0) is 37.1 Å². The fraction of sp³-hybridized carbons (Fsp3) is 0.562. The maximum atomic E-state index is 14.2. The molecule has 0 radical (unpaired) electrons. The molecule has 0 aliphatic carbocycles. The number of rotatable bonds is 6. The summed E-state index contributed by atoms with van der Waals surface area (Å²) in [6.45, 7) is 5.41. The number of carbonyl (C=O) groups is 1. The fourth-order valence-corrected chi connectivity index (χ4v) is 2.59. The first-order chi connectivity index (χ1) is 10.1. The van der Waals surface area contributed by atoms with Gasteiger partial charge in [-0.3, -0.25) is 4.79 Å². The largest absolute Gasteiger partial charge is 0.363 e. The molecule has 1 heterocycles. The molecule has 0 spiro atoms. The molecule has 0 atom stereocenters. The molecule has 1 aromatic carbocycles. The molecule has 1 fully saturated rings. The quantitative estimate of drug-likeness (QED) is 0.871. The summed E-state index contributed by atoms with van der Waals surface area (Å²) in [5.74, 6) is -0.201. The SMILES string of the molecule is CCNCc1ccc(N(C)CC(=O)N2CCCC2)c(F)c1. The van der Waals surface area contributed by atoms with Gasteiger partial charge in [-0.2, -0.15) is 0 Å². The Labute approximate surface area is 125 Å². The van der Waals surface area contributed by atoms with Gasteiger partial charge in [0, 0.05) is 26.7 Å². The van der Waals surface area contributed by atoms with Crippen molar-refractivity contribution in [3.63, 3.8) is 0 Å². The average Bonchev–Trinajstić information content (AvgIpc) is 2.99. The maximum absolute atomic E-state index is 14.2. The molecule has 1 aliphatic rings. The number of likely N-dealkylation sites (N-methyl/N-ethyl adjacent to an activating group) is 1. The second-order valence-electron chi connectivity index (χ2n) is 5.51. The number of nitrogens with zero attached hydrogens (tertiary/aromatic N) is 2. The minimum atomic E-state index is -0.276. The first-order valence-corrected chi connectivity index (χ1v) is 7.60.